The molecule has 0 radical (unpaired) electrons. The SMILES string of the molecule is COc1ccccc1N1CCN(Cc2ccc(CN3C(=O)c4ccccc4S3(=O)=O)cc2)CC1. The van der Waals surface area contributed by atoms with Crippen molar-refractivity contribution in [1.82, 2.24) is 9.21 Å². The molecule has 0 bridgehead atoms. The topological polar surface area (TPSA) is 70.2 Å². The number of rotatable bonds is 6. The molecule has 5 rings (SSSR count). The van der Waals surface area contributed by atoms with Crippen LogP contribution in [0.5, 0.6) is 5.75 Å². The van der Waals surface area contributed by atoms with E-state index in [2.05, 4.69) is 15.9 Å². The quantitative estimate of drug-likeness (QED) is 0.542. The number of methoxy groups -OCH3 is 1. The number of sulfonamides is 1. The maximum absolute atomic E-state index is 12.8. The van der Waals surface area contributed by atoms with Crippen LogP contribution in [0.15, 0.2) is 77.7 Å². The molecule has 1 fully saturated rings. The number of anilines is 1. The molecule has 2 aliphatic heterocycles. The van der Waals surface area contributed by atoms with Crippen molar-refractivity contribution in [3.05, 3.63) is 89.5 Å². The van der Waals surface area contributed by atoms with Crippen molar-refractivity contribution in [3.8, 4) is 5.75 Å². The Morgan fingerprint density at radius 1 is 0.794 bits per heavy atom. The Balaban J connectivity index is 1.20. The number of hydrogen-bond donors (Lipinski definition) is 0. The highest BCUT2D eigenvalue weighted by Crippen LogP contribution is 2.31. The number of carbonyl (C=O) groups excluding carboxylic acids is 1. The monoisotopic (exact) mass is 477 g/mol. The summed E-state index contributed by atoms with van der Waals surface area (Å²) >= 11 is 0. The van der Waals surface area contributed by atoms with Gasteiger partial charge in [0.2, 0.25) is 0 Å². The number of para-hydroxylation sites is 2. The molecule has 0 aliphatic carbocycles. The Morgan fingerprint density at radius 2 is 1.41 bits per heavy atom. The third-order valence-corrected chi connectivity index (χ3v) is 8.25. The molecule has 0 saturated carbocycles. The van der Waals surface area contributed by atoms with Crippen LogP contribution >= 0.6 is 0 Å². The summed E-state index contributed by atoms with van der Waals surface area (Å²) in [6.07, 6.45) is 0. The molecule has 2 aliphatic rings. The van der Waals surface area contributed by atoms with Gasteiger partial charge in [-0.05, 0) is 35.4 Å². The smallest absolute Gasteiger partial charge is 0.269 e. The molecule has 0 aromatic heterocycles. The van der Waals surface area contributed by atoms with Crippen molar-refractivity contribution in [2.45, 2.75) is 18.0 Å². The van der Waals surface area contributed by atoms with E-state index in [-0.39, 0.29) is 17.0 Å². The van der Waals surface area contributed by atoms with Crippen molar-refractivity contribution in [2.24, 2.45) is 0 Å². The summed E-state index contributed by atoms with van der Waals surface area (Å²) < 4.78 is 32.0. The molecule has 34 heavy (non-hydrogen) atoms. The number of ether oxygens (including phenoxy) is 1. The van der Waals surface area contributed by atoms with Gasteiger partial charge in [-0.1, -0.05) is 48.5 Å². The van der Waals surface area contributed by atoms with Crippen LogP contribution in [0.2, 0.25) is 0 Å². The van der Waals surface area contributed by atoms with Crippen LogP contribution in [-0.2, 0) is 23.1 Å². The Hall–Kier alpha value is -3.36. The second kappa shape index (κ2) is 9.12. The summed E-state index contributed by atoms with van der Waals surface area (Å²) in [5.74, 6) is 0.431. The highest BCUT2D eigenvalue weighted by atomic mass is 32.2. The highest BCUT2D eigenvalue weighted by Gasteiger charge is 2.40. The van der Waals surface area contributed by atoms with Gasteiger partial charge in [-0.3, -0.25) is 9.69 Å². The summed E-state index contributed by atoms with van der Waals surface area (Å²) in [5, 5.41) is 0. The minimum atomic E-state index is -3.80. The third kappa shape index (κ3) is 4.15. The summed E-state index contributed by atoms with van der Waals surface area (Å²) in [7, 11) is -2.10. The number of piperazine rings is 1. The lowest BCUT2D eigenvalue weighted by Gasteiger charge is -2.36. The molecule has 1 saturated heterocycles. The predicted molar refractivity (Wildman–Crippen MR) is 130 cm³/mol. The Kier molecular flexibility index (Phi) is 6.02. The van der Waals surface area contributed by atoms with E-state index in [1.807, 2.05) is 42.5 Å². The van der Waals surface area contributed by atoms with Crippen LogP contribution in [0.1, 0.15) is 21.5 Å². The van der Waals surface area contributed by atoms with Crippen LogP contribution < -0.4 is 9.64 Å². The summed E-state index contributed by atoms with van der Waals surface area (Å²) in [5.41, 5.74) is 3.32. The fraction of sp³-hybridized carbons (Fsp3) is 0.269. The first-order valence-electron chi connectivity index (χ1n) is 11.3. The van der Waals surface area contributed by atoms with E-state index < -0.39 is 15.9 Å². The number of hydrogen-bond acceptors (Lipinski definition) is 6. The lowest BCUT2D eigenvalue weighted by Crippen LogP contribution is -2.46. The fourth-order valence-electron chi connectivity index (χ4n) is 4.60. The fourth-order valence-corrected chi connectivity index (χ4v) is 6.16. The highest BCUT2D eigenvalue weighted by molar-refractivity contribution is 7.90. The zero-order valence-electron chi connectivity index (χ0n) is 19.1. The Labute approximate surface area is 200 Å². The number of amides is 1. The van der Waals surface area contributed by atoms with Gasteiger partial charge in [-0.15, -0.1) is 0 Å². The molecule has 8 heteroatoms. The maximum atomic E-state index is 12.8. The number of nitrogens with zero attached hydrogens (tertiary/aromatic N) is 3. The molecule has 0 unspecified atom stereocenters. The number of benzene rings is 3. The van der Waals surface area contributed by atoms with Gasteiger partial charge >= 0.3 is 0 Å². The number of carbonyl (C=O) groups is 1. The van der Waals surface area contributed by atoms with Gasteiger partial charge in [0.15, 0.2) is 0 Å². The van der Waals surface area contributed by atoms with Crippen LogP contribution in [0.25, 0.3) is 0 Å². The van der Waals surface area contributed by atoms with Gasteiger partial charge in [0.05, 0.1) is 24.9 Å². The Bertz CT molecular complexity index is 1300. The van der Waals surface area contributed by atoms with E-state index in [9.17, 15) is 13.2 Å². The summed E-state index contributed by atoms with van der Waals surface area (Å²) in [4.78, 5) is 17.5. The standard InChI is InChI=1S/C26H27N3O4S/c1-33-24-8-4-3-7-23(24)28-16-14-27(15-17-28)18-20-10-12-21(13-11-20)19-29-26(30)22-6-2-5-9-25(22)34(29,31)32/h2-13H,14-19H2,1H3. The molecule has 3 aromatic rings. The van der Waals surface area contributed by atoms with Crippen molar-refractivity contribution in [3.63, 3.8) is 0 Å². The summed E-state index contributed by atoms with van der Waals surface area (Å²) in [6, 6.07) is 22.3. The molecule has 0 spiro atoms. The molecule has 0 N–H and O–H groups in total. The minimum absolute atomic E-state index is 0.0354. The number of fused-ring (bicyclic) bond motifs is 1. The van der Waals surface area contributed by atoms with Crippen LogP contribution in [0.3, 0.4) is 0 Å². The third-order valence-electron chi connectivity index (χ3n) is 6.47. The average Bonchev–Trinajstić information content (AvgIpc) is 3.06. The first-order chi connectivity index (χ1) is 16.5. The Morgan fingerprint density at radius 3 is 2.09 bits per heavy atom. The zero-order valence-corrected chi connectivity index (χ0v) is 19.9. The summed E-state index contributed by atoms with van der Waals surface area (Å²) in [6.45, 7) is 4.60. The molecule has 3 aromatic carbocycles. The molecule has 176 valence electrons. The van der Waals surface area contributed by atoms with Gasteiger partial charge in [0.1, 0.15) is 10.6 Å². The maximum Gasteiger partial charge on any atom is 0.269 e. The van der Waals surface area contributed by atoms with Gasteiger partial charge in [-0.25, -0.2) is 12.7 Å². The van der Waals surface area contributed by atoms with E-state index in [1.165, 1.54) is 6.07 Å². The van der Waals surface area contributed by atoms with E-state index >= 15 is 0 Å². The van der Waals surface area contributed by atoms with E-state index in [0.717, 1.165) is 59.6 Å². The average molecular weight is 478 g/mol. The first kappa shape index (κ1) is 22.4. The lowest BCUT2D eigenvalue weighted by atomic mass is 10.1. The predicted octanol–water partition coefficient (Wildman–Crippen LogP) is 3.36. The molecular weight excluding hydrogens is 450 g/mol. The van der Waals surface area contributed by atoms with Gasteiger partial charge in [0.25, 0.3) is 15.9 Å². The molecule has 0 atom stereocenters. The first-order valence-corrected chi connectivity index (χ1v) is 12.8. The van der Waals surface area contributed by atoms with Crippen molar-refractivity contribution in [2.75, 3.05) is 38.2 Å². The molecule has 1 amide bonds. The van der Waals surface area contributed by atoms with Gasteiger partial charge < -0.3 is 9.64 Å². The van der Waals surface area contributed by atoms with Crippen LogP contribution in [0.4, 0.5) is 5.69 Å². The van der Waals surface area contributed by atoms with E-state index in [0.29, 0.717) is 0 Å². The van der Waals surface area contributed by atoms with Gasteiger partial charge in [-0.2, -0.15) is 0 Å². The van der Waals surface area contributed by atoms with E-state index in [1.54, 1.807) is 25.3 Å². The lowest BCUT2D eigenvalue weighted by molar-refractivity contribution is 0.0865. The largest absolute Gasteiger partial charge is 0.495 e. The van der Waals surface area contributed by atoms with Crippen LogP contribution in [-0.4, -0.2) is 56.8 Å². The molecule has 7 nitrogen and oxygen atoms in total. The molecule has 2 heterocycles. The van der Waals surface area contributed by atoms with Crippen molar-refractivity contribution in [1.29, 1.82) is 0 Å². The van der Waals surface area contributed by atoms with Crippen molar-refractivity contribution >= 4 is 21.6 Å². The van der Waals surface area contributed by atoms with Crippen molar-refractivity contribution < 1.29 is 17.9 Å². The minimum Gasteiger partial charge on any atom is -0.495 e. The normalized spacial score (nSPS) is 17.6. The van der Waals surface area contributed by atoms with Gasteiger partial charge in [0, 0.05) is 32.7 Å². The molecular formula is C26H27N3O4S. The van der Waals surface area contributed by atoms with E-state index in [4.69, 9.17) is 4.74 Å². The zero-order chi connectivity index (χ0) is 23.7. The van der Waals surface area contributed by atoms with Crippen LogP contribution in [0, 0.1) is 0 Å². The second-order valence-corrected chi connectivity index (χ2v) is 10.4. The second-order valence-electron chi connectivity index (χ2n) is 8.56.